The molecule has 1 aliphatic heterocycles. The average Bonchev–Trinajstić information content (AvgIpc) is 3.23. The molecule has 5 rings (SSSR count). The van der Waals surface area contributed by atoms with Crippen LogP contribution in [0.3, 0.4) is 0 Å². The molecule has 5 nitrogen and oxygen atoms in total. The molecule has 2 aromatic heterocycles. The second-order valence-electron chi connectivity index (χ2n) is 7.81. The summed E-state index contributed by atoms with van der Waals surface area (Å²) in [5.74, 6) is 0.0134. The molecule has 0 saturated carbocycles. The summed E-state index contributed by atoms with van der Waals surface area (Å²) in [6.07, 6.45) is 3.10. The van der Waals surface area contributed by atoms with Gasteiger partial charge in [0.25, 0.3) is 11.6 Å². The zero-order valence-electron chi connectivity index (χ0n) is 16.9. The first-order chi connectivity index (χ1) is 14.7. The molecule has 0 N–H and O–H groups in total. The maximum atomic E-state index is 13.9. The van der Waals surface area contributed by atoms with Crippen molar-refractivity contribution in [1.82, 2.24) is 15.0 Å². The number of carbonyl (C=O) groups is 1. The van der Waals surface area contributed by atoms with Crippen LogP contribution < -0.4 is 0 Å². The highest BCUT2D eigenvalue weighted by atomic mass is 16.5. The van der Waals surface area contributed by atoms with Gasteiger partial charge in [-0.25, -0.2) is 4.98 Å². The molecule has 1 saturated heterocycles. The van der Waals surface area contributed by atoms with Crippen LogP contribution in [0.15, 0.2) is 71.3 Å². The molecule has 3 heterocycles. The molecular weight excluding hydrogens is 374 g/mol. The lowest BCUT2D eigenvalue weighted by Gasteiger charge is -2.36. The molecule has 0 aliphatic carbocycles. The van der Waals surface area contributed by atoms with E-state index in [1.165, 1.54) is 5.56 Å². The van der Waals surface area contributed by atoms with E-state index >= 15 is 0 Å². The van der Waals surface area contributed by atoms with E-state index in [0.29, 0.717) is 22.4 Å². The van der Waals surface area contributed by atoms with Crippen LogP contribution in [0.4, 0.5) is 0 Å². The second-order valence-corrected chi connectivity index (χ2v) is 7.81. The molecule has 1 unspecified atom stereocenters. The number of amides is 1. The minimum atomic E-state index is 0.0134. The zero-order chi connectivity index (χ0) is 20.5. The van der Waals surface area contributed by atoms with Crippen LogP contribution in [0, 0.1) is 6.92 Å². The first-order valence-corrected chi connectivity index (χ1v) is 10.4. The Bertz CT molecular complexity index is 1190. The predicted molar refractivity (Wildman–Crippen MR) is 116 cm³/mol. The third kappa shape index (κ3) is 3.26. The van der Waals surface area contributed by atoms with Gasteiger partial charge >= 0.3 is 0 Å². The van der Waals surface area contributed by atoms with Crippen molar-refractivity contribution in [3.63, 3.8) is 0 Å². The first kappa shape index (κ1) is 18.6. The van der Waals surface area contributed by atoms with E-state index in [1.807, 2.05) is 66.4 Å². The molecule has 4 aromatic rings. The summed E-state index contributed by atoms with van der Waals surface area (Å²) in [4.78, 5) is 20.4. The lowest BCUT2D eigenvalue weighted by atomic mass is 9.94. The summed E-state index contributed by atoms with van der Waals surface area (Å²) in [5, 5.41) is 4.95. The zero-order valence-corrected chi connectivity index (χ0v) is 16.9. The van der Waals surface area contributed by atoms with Gasteiger partial charge in [-0.15, -0.1) is 0 Å². The number of fused-ring (bicyclic) bond motifs is 1. The van der Waals surface area contributed by atoms with Crippen molar-refractivity contribution in [3.05, 3.63) is 83.6 Å². The van der Waals surface area contributed by atoms with Crippen molar-refractivity contribution < 1.29 is 9.32 Å². The topological polar surface area (TPSA) is 59.2 Å². The Morgan fingerprint density at radius 1 is 1.03 bits per heavy atom. The SMILES string of the molecule is Cc1cc(C(=O)N2CCCCC2c2ccccc2)c2c(-c3ccccc3)noc2n1. The molecule has 1 fully saturated rings. The van der Waals surface area contributed by atoms with Crippen LogP contribution in [0.2, 0.25) is 0 Å². The van der Waals surface area contributed by atoms with Gasteiger partial charge < -0.3 is 9.42 Å². The fourth-order valence-electron chi connectivity index (χ4n) is 4.39. The Morgan fingerprint density at radius 2 is 1.77 bits per heavy atom. The molecule has 5 heteroatoms. The van der Waals surface area contributed by atoms with Gasteiger partial charge in [0.05, 0.1) is 17.0 Å². The number of carbonyl (C=O) groups excluding carboxylic acids is 1. The van der Waals surface area contributed by atoms with Gasteiger partial charge in [0.2, 0.25) is 0 Å². The Labute approximate surface area is 175 Å². The molecule has 1 amide bonds. The molecule has 0 radical (unpaired) electrons. The van der Waals surface area contributed by atoms with Crippen molar-refractivity contribution in [2.75, 3.05) is 6.54 Å². The molecular formula is C25H23N3O2. The van der Waals surface area contributed by atoms with Crippen molar-refractivity contribution in [2.45, 2.75) is 32.2 Å². The second kappa shape index (κ2) is 7.75. The Kier molecular flexibility index (Phi) is 4.79. The van der Waals surface area contributed by atoms with Crippen LogP contribution in [0.25, 0.3) is 22.4 Å². The van der Waals surface area contributed by atoms with Crippen LogP contribution in [0.5, 0.6) is 0 Å². The van der Waals surface area contributed by atoms with Crippen LogP contribution in [0.1, 0.15) is 46.9 Å². The number of hydrogen-bond acceptors (Lipinski definition) is 4. The third-order valence-corrected chi connectivity index (χ3v) is 5.80. The quantitative estimate of drug-likeness (QED) is 0.454. The normalized spacial score (nSPS) is 16.7. The smallest absolute Gasteiger partial charge is 0.259 e. The van der Waals surface area contributed by atoms with Crippen molar-refractivity contribution in [3.8, 4) is 11.3 Å². The van der Waals surface area contributed by atoms with Gasteiger partial charge in [-0.1, -0.05) is 65.8 Å². The fraction of sp³-hybridized carbons (Fsp3) is 0.240. The van der Waals surface area contributed by atoms with Crippen molar-refractivity contribution in [1.29, 1.82) is 0 Å². The Balaban J connectivity index is 1.63. The molecule has 2 aromatic carbocycles. The van der Waals surface area contributed by atoms with Gasteiger partial charge in [0.1, 0.15) is 5.69 Å². The molecule has 30 heavy (non-hydrogen) atoms. The summed E-state index contributed by atoms with van der Waals surface area (Å²) < 4.78 is 5.54. The van der Waals surface area contributed by atoms with Crippen LogP contribution >= 0.6 is 0 Å². The number of pyridine rings is 1. The number of aryl methyl sites for hydroxylation is 1. The van der Waals surface area contributed by atoms with Crippen LogP contribution in [-0.4, -0.2) is 27.5 Å². The summed E-state index contributed by atoms with van der Waals surface area (Å²) in [6, 6.07) is 22.1. The van der Waals surface area contributed by atoms with Crippen LogP contribution in [-0.2, 0) is 0 Å². The summed E-state index contributed by atoms with van der Waals surface area (Å²) in [5.41, 5.74) is 4.52. The molecule has 1 atom stereocenters. The van der Waals surface area contributed by atoms with E-state index < -0.39 is 0 Å². The monoisotopic (exact) mass is 397 g/mol. The number of benzene rings is 2. The van der Waals surface area contributed by atoms with Gasteiger partial charge in [0, 0.05) is 17.8 Å². The average molecular weight is 397 g/mol. The molecule has 0 spiro atoms. The molecule has 0 bridgehead atoms. The maximum Gasteiger partial charge on any atom is 0.259 e. The van der Waals surface area contributed by atoms with E-state index in [1.54, 1.807) is 0 Å². The van der Waals surface area contributed by atoms with E-state index in [9.17, 15) is 4.79 Å². The first-order valence-electron chi connectivity index (χ1n) is 10.4. The van der Waals surface area contributed by atoms with Gasteiger partial charge in [-0.3, -0.25) is 4.79 Å². The minimum absolute atomic E-state index is 0.0134. The number of hydrogen-bond donors (Lipinski definition) is 0. The minimum Gasteiger partial charge on any atom is -0.335 e. The Hall–Kier alpha value is -3.47. The van der Waals surface area contributed by atoms with Gasteiger partial charge in [0.15, 0.2) is 0 Å². The summed E-state index contributed by atoms with van der Waals surface area (Å²) in [6.45, 7) is 2.62. The van der Waals surface area contributed by atoms with E-state index in [0.717, 1.165) is 37.1 Å². The summed E-state index contributed by atoms with van der Waals surface area (Å²) >= 11 is 0. The maximum absolute atomic E-state index is 13.9. The summed E-state index contributed by atoms with van der Waals surface area (Å²) in [7, 11) is 0. The molecule has 150 valence electrons. The highest BCUT2D eigenvalue weighted by Gasteiger charge is 2.31. The lowest BCUT2D eigenvalue weighted by Crippen LogP contribution is -2.38. The van der Waals surface area contributed by atoms with Crippen molar-refractivity contribution >= 4 is 17.0 Å². The number of piperidine rings is 1. The number of aromatic nitrogens is 2. The van der Waals surface area contributed by atoms with E-state index in [2.05, 4.69) is 22.3 Å². The standard InChI is InChI=1S/C25H23N3O2/c1-17-16-20(22-23(27-30-24(22)26-17)19-12-6-3-7-13-19)25(29)28-15-9-8-14-21(28)18-10-4-2-5-11-18/h2-7,10-13,16,21H,8-9,14-15H2,1H3. The largest absolute Gasteiger partial charge is 0.335 e. The Morgan fingerprint density at radius 3 is 2.53 bits per heavy atom. The van der Waals surface area contributed by atoms with Gasteiger partial charge in [-0.2, -0.15) is 0 Å². The third-order valence-electron chi connectivity index (χ3n) is 5.80. The number of rotatable bonds is 3. The lowest BCUT2D eigenvalue weighted by molar-refractivity contribution is 0.0613. The highest BCUT2D eigenvalue weighted by molar-refractivity contribution is 6.09. The van der Waals surface area contributed by atoms with E-state index in [-0.39, 0.29) is 11.9 Å². The number of likely N-dealkylation sites (tertiary alicyclic amines) is 1. The number of nitrogens with zero attached hydrogens (tertiary/aromatic N) is 3. The predicted octanol–water partition coefficient (Wildman–Crippen LogP) is 5.57. The van der Waals surface area contributed by atoms with E-state index in [4.69, 9.17) is 4.52 Å². The van der Waals surface area contributed by atoms with Crippen molar-refractivity contribution in [2.24, 2.45) is 0 Å². The van der Waals surface area contributed by atoms with Gasteiger partial charge in [-0.05, 0) is 37.8 Å². The molecule has 1 aliphatic rings. The fourth-order valence-corrected chi connectivity index (χ4v) is 4.39. The highest BCUT2D eigenvalue weighted by Crippen LogP contribution is 2.35.